The minimum absolute atomic E-state index is 0. The van der Waals surface area contributed by atoms with Gasteiger partial charge in [0.2, 0.25) is 0 Å². The first-order valence-corrected chi connectivity index (χ1v) is 9.57. The monoisotopic (exact) mass is 421 g/mol. The first kappa shape index (κ1) is 21.5. The van der Waals surface area contributed by atoms with Crippen molar-refractivity contribution in [1.29, 1.82) is 0 Å². The van der Waals surface area contributed by atoms with Gasteiger partial charge in [-0.25, -0.2) is 9.67 Å². The summed E-state index contributed by atoms with van der Waals surface area (Å²) in [4.78, 5) is 8.00. The minimum Gasteiger partial charge on any atom is -0.489 e. The second-order valence-electron chi connectivity index (χ2n) is 6.82. The molecule has 0 aliphatic carbocycles. The van der Waals surface area contributed by atoms with E-state index in [9.17, 15) is 0 Å². The van der Waals surface area contributed by atoms with E-state index in [1.54, 1.807) is 23.4 Å². The molecule has 0 radical (unpaired) electrons. The van der Waals surface area contributed by atoms with Crippen LogP contribution in [0.5, 0.6) is 5.75 Å². The molecule has 0 bridgehead atoms. The fourth-order valence-corrected chi connectivity index (χ4v) is 3.00. The highest BCUT2D eigenvalue weighted by molar-refractivity contribution is 5.85. The van der Waals surface area contributed by atoms with Crippen molar-refractivity contribution in [2.75, 3.05) is 0 Å². The molecular formula is C23H24ClN5O. The van der Waals surface area contributed by atoms with Crippen molar-refractivity contribution in [2.24, 2.45) is 0 Å². The highest BCUT2D eigenvalue weighted by Gasteiger charge is 2.06. The first-order valence-electron chi connectivity index (χ1n) is 9.57. The van der Waals surface area contributed by atoms with Gasteiger partial charge in [-0.2, -0.15) is 5.10 Å². The summed E-state index contributed by atoms with van der Waals surface area (Å²) >= 11 is 0. The van der Waals surface area contributed by atoms with Crippen LogP contribution in [0.15, 0.2) is 85.7 Å². The summed E-state index contributed by atoms with van der Waals surface area (Å²) < 4.78 is 7.57. The third-order valence-electron chi connectivity index (χ3n) is 4.77. The zero-order chi connectivity index (χ0) is 19.9. The minimum atomic E-state index is 0. The average molecular weight is 422 g/mol. The van der Waals surface area contributed by atoms with Crippen LogP contribution in [0.2, 0.25) is 0 Å². The summed E-state index contributed by atoms with van der Waals surface area (Å²) in [5, 5.41) is 7.72. The average Bonchev–Trinajstić information content (AvgIpc) is 3.33. The Hall–Kier alpha value is -3.22. The van der Waals surface area contributed by atoms with Gasteiger partial charge in [-0.05, 0) is 60.0 Å². The molecule has 154 valence electrons. The first-order chi connectivity index (χ1) is 14.3. The maximum atomic E-state index is 5.82. The predicted molar refractivity (Wildman–Crippen MR) is 119 cm³/mol. The third kappa shape index (κ3) is 5.65. The molecule has 0 amide bonds. The molecule has 0 fully saturated rings. The van der Waals surface area contributed by atoms with E-state index in [1.165, 1.54) is 17.5 Å². The van der Waals surface area contributed by atoms with Crippen molar-refractivity contribution >= 4 is 12.4 Å². The van der Waals surface area contributed by atoms with Crippen molar-refractivity contribution < 1.29 is 4.74 Å². The van der Waals surface area contributed by atoms with E-state index < -0.39 is 0 Å². The van der Waals surface area contributed by atoms with E-state index in [4.69, 9.17) is 4.74 Å². The number of halogens is 1. The number of hydrogen-bond donors (Lipinski definition) is 1. The topological polar surface area (TPSA) is 64.9 Å². The van der Waals surface area contributed by atoms with Gasteiger partial charge < -0.3 is 10.1 Å². The third-order valence-corrected chi connectivity index (χ3v) is 4.77. The second kappa shape index (κ2) is 10.5. The van der Waals surface area contributed by atoms with Crippen LogP contribution < -0.4 is 10.1 Å². The molecule has 4 rings (SSSR count). The van der Waals surface area contributed by atoms with Crippen LogP contribution in [0.3, 0.4) is 0 Å². The second-order valence-corrected chi connectivity index (χ2v) is 6.82. The number of nitrogens with zero attached hydrogens (tertiary/aromatic N) is 4. The Bertz CT molecular complexity index is 1010. The fraction of sp³-hybridized carbons (Fsp3) is 0.174. The smallest absolute Gasteiger partial charge is 0.138 e. The van der Waals surface area contributed by atoms with Crippen molar-refractivity contribution in [3.05, 3.63) is 102 Å². The number of rotatable bonds is 8. The van der Waals surface area contributed by atoms with Gasteiger partial charge in [0.15, 0.2) is 0 Å². The molecule has 0 aliphatic heterocycles. The summed E-state index contributed by atoms with van der Waals surface area (Å²) in [6.45, 7) is 3.50. The molecule has 0 spiro atoms. The Morgan fingerprint density at radius 2 is 1.63 bits per heavy atom. The molecule has 6 nitrogen and oxygen atoms in total. The van der Waals surface area contributed by atoms with E-state index in [2.05, 4.69) is 63.7 Å². The van der Waals surface area contributed by atoms with Crippen molar-refractivity contribution in [3.63, 3.8) is 0 Å². The Morgan fingerprint density at radius 3 is 2.30 bits per heavy atom. The van der Waals surface area contributed by atoms with Crippen molar-refractivity contribution in [3.8, 4) is 11.4 Å². The van der Waals surface area contributed by atoms with Gasteiger partial charge in [-0.3, -0.25) is 4.98 Å². The molecule has 2 heterocycles. The van der Waals surface area contributed by atoms with Gasteiger partial charge in [-0.1, -0.05) is 24.3 Å². The lowest BCUT2D eigenvalue weighted by Gasteiger charge is -2.15. The summed E-state index contributed by atoms with van der Waals surface area (Å²) in [6.07, 6.45) is 6.78. The zero-order valence-electron chi connectivity index (χ0n) is 16.7. The van der Waals surface area contributed by atoms with E-state index >= 15 is 0 Å². The van der Waals surface area contributed by atoms with E-state index in [-0.39, 0.29) is 18.4 Å². The number of aromatic nitrogens is 4. The van der Waals surface area contributed by atoms with Crippen molar-refractivity contribution in [2.45, 2.75) is 26.1 Å². The maximum absolute atomic E-state index is 5.82. The van der Waals surface area contributed by atoms with E-state index in [0.29, 0.717) is 6.61 Å². The predicted octanol–water partition coefficient (Wildman–Crippen LogP) is 4.51. The molecule has 1 atom stereocenters. The molecule has 0 aliphatic rings. The molecule has 1 N–H and O–H groups in total. The molecule has 2 aromatic carbocycles. The molecule has 4 aromatic rings. The van der Waals surface area contributed by atoms with Gasteiger partial charge in [-0.15, -0.1) is 12.4 Å². The van der Waals surface area contributed by atoms with E-state index in [0.717, 1.165) is 23.5 Å². The van der Waals surface area contributed by atoms with Gasteiger partial charge in [0.25, 0.3) is 0 Å². The highest BCUT2D eigenvalue weighted by Crippen LogP contribution is 2.17. The number of nitrogens with one attached hydrogen (secondary N) is 1. The van der Waals surface area contributed by atoms with Gasteiger partial charge in [0.05, 0.1) is 5.69 Å². The SMILES string of the molecule is CC(NCc1ccc(OCc2ccncc2)cc1)c1ccc(-n2cncn2)cc1.Cl. The van der Waals surface area contributed by atoms with Gasteiger partial charge in [0, 0.05) is 25.0 Å². The van der Waals surface area contributed by atoms with Crippen LogP contribution in [-0.4, -0.2) is 19.7 Å². The van der Waals surface area contributed by atoms with Crippen molar-refractivity contribution in [1.82, 2.24) is 25.1 Å². The fourth-order valence-electron chi connectivity index (χ4n) is 3.00. The van der Waals surface area contributed by atoms with Crippen LogP contribution in [0.25, 0.3) is 5.69 Å². The molecule has 30 heavy (non-hydrogen) atoms. The Balaban J connectivity index is 0.00000256. The highest BCUT2D eigenvalue weighted by atomic mass is 35.5. The number of hydrogen-bond acceptors (Lipinski definition) is 5. The number of pyridine rings is 1. The summed E-state index contributed by atoms with van der Waals surface area (Å²) in [6, 6.07) is 20.7. The molecule has 0 saturated carbocycles. The number of ether oxygens (including phenoxy) is 1. The van der Waals surface area contributed by atoms with Crippen LogP contribution in [0, 0.1) is 0 Å². The number of benzene rings is 2. The standard InChI is InChI=1S/C23H23N5O.ClH/c1-18(21-4-6-22(7-5-21)28-17-25-16-27-28)26-14-19-2-8-23(9-3-19)29-15-20-10-12-24-13-11-20;/h2-13,16-18,26H,14-15H2,1H3;1H. The van der Waals surface area contributed by atoms with Crippen LogP contribution in [-0.2, 0) is 13.2 Å². The lowest BCUT2D eigenvalue weighted by Crippen LogP contribution is -2.18. The molecular weight excluding hydrogens is 398 g/mol. The Kier molecular flexibility index (Phi) is 7.54. The lowest BCUT2D eigenvalue weighted by atomic mass is 10.1. The molecule has 0 saturated heterocycles. The van der Waals surface area contributed by atoms with Crippen LogP contribution >= 0.6 is 12.4 Å². The molecule has 7 heteroatoms. The van der Waals surface area contributed by atoms with E-state index in [1.807, 2.05) is 24.3 Å². The van der Waals surface area contributed by atoms with Gasteiger partial charge >= 0.3 is 0 Å². The molecule has 2 aromatic heterocycles. The summed E-state index contributed by atoms with van der Waals surface area (Å²) in [7, 11) is 0. The maximum Gasteiger partial charge on any atom is 0.138 e. The summed E-state index contributed by atoms with van der Waals surface area (Å²) in [5.74, 6) is 0.863. The summed E-state index contributed by atoms with van der Waals surface area (Å²) in [5.41, 5.74) is 4.55. The van der Waals surface area contributed by atoms with Crippen LogP contribution in [0.4, 0.5) is 0 Å². The zero-order valence-corrected chi connectivity index (χ0v) is 17.5. The van der Waals surface area contributed by atoms with Gasteiger partial charge in [0.1, 0.15) is 25.0 Å². The normalized spacial score (nSPS) is 11.5. The lowest BCUT2D eigenvalue weighted by molar-refractivity contribution is 0.306. The van der Waals surface area contributed by atoms with Crippen LogP contribution in [0.1, 0.15) is 29.7 Å². The largest absolute Gasteiger partial charge is 0.489 e. The Morgan fingerprint density at radius 1 is 0.900 bits per heavy atom. The molecule has 1 unspecified atom stereocenters. The quantitative estimate of drug-likeness (QED) is 0.453. The Labute approximate surface area is 182 Å².